The predicted octanol–water partition coefficient (Wildman–Crippen LogP) is 5.06. The Morgan fingerprint density at radius 3 is 2.52 bits per heavy atom. The fourth-order valence-corrected chi connectivity index (χ4v) is 2.36. The van der Waals surface area contributed by atoms with Gasteiger partial charge in [0.25, 0.3) is 5.69 Å². The number of hydrogen-bond donors (Lipinski definition) is 1. The molecule has 0 fully saturated rings. The van der Waals surface area contributed by atoms with Gasteiger partial charge in [0.1, 0.15) is 5.69 Å². The minimum absolute atomic E-state index is 0.0720. The summed E-state index contributed by atoms with van der Waals surface area (Å²) < 4.78 is 14.9. The van der Waals surface area contributed by atoms with Gasteiger partial charge in [0.2, 0.25) is 0 Å². The van der Waals surface area contributed by atoms with Crippen LogP contribution in [-0.2, 0) is 0 Å². The third-order valence-electron chi connectivity index (χ3n) is 3.19. The number of para-hydroxylation sites is 1. The van der Waals surface area contributed by atoms with Crippen LogP contribution in [0.2, 0.25) is 0 Å². The molecular weight excluding hydrogens is 339 g/mol. The summed E-state index contributed by atoms with van der Waals surface area (Å²) in [6.07, 6.45) is 0.674. The van der Waals surface area contributed by atoms with E-state index >= 15 is 0 Å². The predicted molar refractivity (Wildman–Crippen MR) is 83.9 cm³/mol. The number of nitro groups is 1. The van der Waals surface area contributed by atoms with Gasteiger partial charge in [0.15, 0.2) is 5.82 Å². The molecule has 1 unspecified atom stereocenters. The lowest BCUT2D eigenvalue weighted by atomic mass is 10.0. The van der Waals surface area contributed by atoms with Crippen molar-refractivity contribution in [2.45, 2.75) is 19.4 Å². The number of hydrogen-bond acceptors (Lipinski definition) is 3. The van der Waals surface area contributed by atoms with Crippen LogP contribution in [0.15, 0.2) is 46.9 Å². The van der Waals surface area contributed by atoms with Crippen LogP contribution >= 0.6 is 15.9 Å². The molecule has 1 N–H and O–H groups in total. The van der Waals surface area contributed by atoms with E-state index in [2.05, 4.69) is 21.2 Å². The smallest absolute Gasteiger partial charge is 0.295 e. The molecular formula is C15H14BrFN2O2. The molecule has 4 nitrogen and oxygen atoms in total. The van der Waals surface area contributed by atoms with Crippen LogP contribution in [0.5, 0.6) is 0 Å². The highest BCUT2D eigenvalue weighted by atomic mass is 79.9. The van der Waals surface area contributed by atoms with Crippen LogP contribution in [0.25, 0.3) is 0 Å². The molecule has 0 bridgehead atoms. The molecule has 0 aliphatic carbocycles. The maximum absolute atomic E-state index is 13.9. The number of benzene rings is 2. The Hall–Kier alpha value is -1.95. The minimum atomic E-state index is -0.625. The van der Waals surface area contributed by atoms with E-state index in [-0.39, 0.29) is 17.4 Å². The molecule has 0 radical (unpaired) electrons. The normalized spacial score (nSPS) is 12.0. The Balaban J connectivity index is 2.35. The highest BCUT2D eigenvalue weighted by Gasteiger charge is 2.21. The number of halogens is 2. The number of nitrogens with zero attached hydrogens (tertiary/aromatic N) is 1. The van der Waals surface area contributed by atoms with Crippen molar-refractivity contribution >= 4 is 27.3 Å². The van der Waals surface area contributed by atoms with Crippen molar-refractivity contribution in [3.8, 4) is 0 Å². The highest BCUT2D eigenvalue weighted by molar-refractivity contribution is 9.10. The lowest BCUT2D eigenvalue weighted by molar-refractivity contribution is -0.384. The van der Waals surface area contributed by atoms with Crippen molar-refractivity contribution in [3.63, 3.8) is 0 Å². The van der Waals surface area contributed by atoms with Gasteiger partial charge in [-0.25, -0.2) is 4.39 Å². The van der Waals surface area contributed by atoms with Crippen LogP contribution in [0.3, 0.4) is 0 Å². The molecule has 0 amide bonds. The second-order valence-corrected chi connectivity index (χ2v) is 5.46. The van der Waals surface area contributed by atoms with Gasteiger partial charge >= 0.3 is 0 Å². The number of anilines is 1. The first-order chi connectivity index (χ1) is 10.0. The highest BCUT2D eigenvalue weighted by Crippen LogP contribution is 2.32. The Kier molecular flexibility index (Phi) is 4.90. The molecule has 1 atom stereocenters. The van der Waals surface area contributed by atoms with E-state index in [4.69, 9.17) is 0 Å². The van der Waals surface area contributed by atoms with E-state index in [1.165, 1.54) is 18.2 Å². The van der Waals surface area contributed by atoms with Gasteiger partial charge in [0, 0.05) is 10.5 Å². The van der Waals surface area contributed by atoms with Crippen LogP contribution < -0.4 is 5.32 Å². The largest absolute Gasteiger partial charge is 0.370 e. The third-order valence-corrected chi connectivity index (χ3v) is 3.72. The molecule has 2 aromatic carbocycles. The quantitative estimate of drug-likeness (QED) is 0.604. The second-order valence-electron chi connectivity index (χ2n) is 4.55. The van der Waals surface area contributed by atoms with Gasteiger partial charge in [-0.15, -0.1) is 0 Å². The zero-order valence-electron chi connectivity index (χ0n) is 11.3. The number of rotatable bonds is 5. The summed E-state index contributed by atoms with van der Waals surface area (Å²) in [4.78, 5) is 10.4. The lowest BCUT2D eigenvalue weighted by Crippen LogP contribution is -2.12. The Morgan fingerprint density at radius 2 is 1.95 bits per heavy atom. The summed E-state index contributed by atoms with van der Waals surface area (Å²) in [7, 11) is 0. The van der Waals surface area contributed by atoms with Crippen molar-refractivity contribution in [2.75, 3.05) is 5.32 Å². The van der Waals surface area contributed by atoms with Gasteiger partial charge in [-0.05, 0) is 30.2 Å². The molecule has 0 aliphatic heterocycles. The maximum atomic E-state index is 13.9. The van der Waals surface area contributed by atoms with E-state index in [0.29, 0.717) is 6.42 Å². The Bertz CT molecular complexity index is 647. The van der Waals surface area contributed by atoms with Gasteiger partial charge in [-0.1, -0.05) is 41.1 Å². The number of nitro benzene ring substituents is 1. The van der Waals surface area contributed by atoms with E-state index in [9.17, 15) is 14.5 Å². The van der Waals surface area contributed by atoms with Crippen LogP contribution in [0.1, 0.15) is 24.9 Å². The molecule has 0 aliphatic rings. The van der Waals surface area contributed by atoms with Crippen molar-refractivity contribution in [3.05, 3.63) is 68.4 Å². The molecule has 0 saturated heterocycles. The minimum Gasteiger partial charge on any atom is -0.370 e. The van der Waals surface area contributed by atoms with Gasteiger partial charge in [0.05, 0.1) is 11.0 Å². The molecule has 0 aromatic heterocycles. The average Bonchev–Trinajstić information content (AvgIpc) is 2.47. The lowest BCUT2D eigenvalue weighted by Gasteiger charge is -2.19. The molecule has 0 saturated carbocycles. The zero-order valence-corrected chi connectivity index (χ0v) is 12.9. The first-order valence-corrected chi connectivity index (χ1v) is 7.27. The first kappa shape index (κ1) is 15.4. The zero-order chi connectivity index (χ0) is 15.4. The van der Waals surface area contributed by atoms with Crippen LogP contribution in [0, 0.1) is 15.9 Å². The molecule has 0 heterocycles. The molecule has 0 spiro atoms. The van der Waals surface area contributed by atoms with Crippen LogP contribution in [-0.4, -0.2) is 4.92 Å². The summed E-state index contributed by atoms with van der Waals surface area (Å²) in [5.74, 6) is -0.625. The van der Waals surface area contributed by atoms with Crippen LogP contribution in [0.4, 0.5) is 15.8 Å². The summed E-state index contributed by atoms with van der Waals surface area (Å²) in [5, 5.41) is 14.0. The first-order valence-electron chi connectivity index (χ1n) is 6.47. The summed E-state index contributed by atoms with van der Waals surface area (Å²) in [6, 6.07) is 11.2. The summed E-state index contributed by atoms with van der Waals surface area (Å²) >= 11 is 3.36. The molecule has 2 rings (SSSR count). The maximum Gasteiger partial charge on any atom is 0.295 e. The fraction of sp³-hybridized carbons (Fsp3) is 0.200. The van der Waals surface area contributed by atoms with Crippen molar-refractivity contribution in [1.29, 1.82) is 0 Å². The van der Waals surface area contributed by atoms with E-state index in [1.807, 2.05) is 31.2 Å². The molecule has 110 valence electrons. The molecule has 2 aromatic rings. The standard InChI is InChI=1S/C15H14BrFN2O2/c1-2-13(10-6-8-11(16)9-7-10)18-15-12(17)4-3-5-14(15)19(20)21/h3-9,13,18H,2H2,1H3. The van der Waals surface area contributed by atoms with E-state index in [1.54, 1.807) is 0 Å². The van der Waals surface area contributed by atoms with E-state index < -0.39 is 10.7 Å². The van der Waals surface area contributed by atoms with Gasteiger partial charge in [-0.2, -0.15) is 0 Å². The summed E-state index contributed by atoms with van der Waals surface area (Å²) in [5.41, 5.74) is 0.612. The van der Waals surface area contributed by atoms with Crippen molar-refractivity contribution < 1.29 is 9.31 Å². The molecule has 6 heteroatoms. The average molecular weight is 353 g/mol. The second kappa shape index (κ2) is 6.67. The van der Waals surface area contributed by atoms with Gasteiger partial charge in [-0.3, -0.25) is 10.1 Å². The third kappa shape index (κ3) is 3.58. The van der Waals surface area contributed by atoms with Crippen molar-refractivity contribution in [2.24, 2.45) is 0 Å². The van der Waals surface area contributed by atoms with Crippen molar-refractivity contribution in [1.82, 2.24) is 0 Å². The Labute approximate surface area is 130 Å². The van der Waals surface area contributed by atoms with Gasteiger partial charge < -0.3 is 5.32 Å². The molecule has 21 heavy (non-hydrogen) atoms. The monoisotopic (exact) mass is 352 g/mol. The van der Waals surface area contributed by atoms with E-state index in [0.717, 1.165) is 10.0 Å². The number of nitrogens with one attached hydrogen (secondary N) is 1. The topological polar surface area (TPSA) is 55.2 Å². The fourth-order valence-electron chi connectivity index (χ4n) is 2.10. The Morgan fingerprint density at radius 1 is 1.29 bits per heavy atom. The SMILES string of the molecule is CCC(Nc1c(F)cccc1[N+](=O)[O-])c1ccc(Br)cc1. The summed E-state index contributed by atoms with van der Waals surface area (Å²) in [6.45, 7) is 1.94.